The van der Waals surface area contributed by atoms with Crippen molar-refractivity contribution in [3.8, 4) is 0 Å². The van der Waals surface area contributed by atoms with Gasteiger partial charge in [0.05, 0.1) is 18.7 Å². The Hall–Kier alpha value is -2.16. The van der Waals surface area contributed by atoms with Crippen LogP contribution < -0.4 is 5.73 Å². The Morgan fingerprint density at radius 3 is 2.64 bits per heavy atom. The molecule has 0 radical (unpaired) electrons. The molecule has 0 spiro atoms. The number of carbonyl (C=O) groups is 3. The zero-order valence-corrected chi connectivity index (χ0v) is 12.5. The molecular formula is C13H18FN3O5. The summed E-state index contributed by atoms with van der Waals surface area (Å²) in [6, 6.07) is -2.20. The molecule has 3 amide bonds. The first kappa shape index (κ1) is 16.2. The van der Waals surface area contributed by atoms with Gasteiger partial charge in [-0.05, 0) is 26.3 Å². The summed E-state index contributed by atoms with van der Waals surface area (Å²) in [5.74, 6) is -1.90. The van der Waals surface area contributed by atoms with Crippen LogP contribution in [0, 0.1) is 0 Å². The second-order valence-corrected chi connectivity index (χ2v) is 5.45. The molecule has 2 N–H and O–H groups in total. The van der Waals surface area contributed by atoms with Gasteiger partial charge < -0.3 is 15.4 Å². The Bertz CT molecular complexity index is 536. The van der Waals surface area contributed by atoms with E-state index in [9.17, 15) is 18.8 Å². The third-order valence-corrected chi connectivity index (χ3v) is 3.33. The van der Waals surface area contributed by atoms with Crippen LogP contribution in [-0.4, -0.2) is 59.0 Å². The minimum absolute atomic E-state index is 0.135. The van der Waals surface area contributed by atoms with Crippen LogP contribution in [0.2, 0.25) is 0 Å². The minimum atomic E-state index is -2.42. The Kier molecular flexibility index (Phi) is 4.36. The van der Waals surface area contributed by atoms with Crippen molar-refractivity contribution in [3.63, 3.8) is 0 Å². The number of carbonyl (C=O) groups excluding carboxylic acids is 3. The number of primary amides is 1. The molecule has 2 heterocycles. The number of fused-ring (bicyclic) bond motifs is 2. The first-order valence-electron chi connectivity index (χ1n) is 6.81. The van der Waals surface area contributed by atoms with E-state index in [0.29, 0.717) is 5.57 Å². The molecule has 0 unspecified atom stereocenters. The number of amides is 3. The smallest absolute Gasteiger partial charge is 0.371 e. The fourth-order valence-electron chi connectivity index (χ4n) is 2.53. The molecule has 1 saturated heterocycles. The van der Waals surface area contributed by atoms with Gasteiger partial charge in [0.25, 0.3) is 0 Å². The van der Waals surface area contributed by atoms with Crippen LogP contribution in [0.15, 0.2) is 11.6 Å². The molecule has 9 heteroatoms. The molecule has 0 aromatic carbocycles. The van der Waals surface area contributed by atoms with E-state index in [1.165, 1.54) is 4.90 Å². The molecular weight excluding hydrogens is 297 g/mol. The number of urea groups is 1. The predicted octanol–water partition coefficient (Wildman–Crippen LogP) is 0.0852. The first-order valence-corrected chi connectivity index (χ1v) is 6.81. The number of nitrogens with zero attached hydrogens (tertiary/aromatic N) is 2. The van der Waals surface area contributed by atoms with Gasteiger partial charge in [-0.15, -0.1) is 0 Å². The van der Waals surface area contributed by atoms with E-state index >= 15 is 0 Å². The standard InChI is InChI=1S/C13H18FN3O5/c1-6(2)21-12(19)10(14)22-17-8-4-7(3)9(11(15)18)16(5-8)13(17)20/h4,6,8-10H,5H2,1-3H3,(H2,15,18)/t8-,9+,10-/m1/s1. The average molecular weight is 315 g/mol. The van der Waals surface area contributed by atoms with Gasteiger partial charge in [-0.2, -0.15) is 5.06 Å². The van der Waals surface area contributed by atoms with Crippen molar-refractivity contribution in [2.75, 3.05) is 6.54 Å². The maximum absolute atomic E-state index is 13.8. The summed E-state index contributed by atoms with van der Waals surface area (Å²) in [4.78, 5) is 41.0. The molecule has 2 aliphatic heterocycles. The third-order valence-electron chi connectivity index (χ3n) is 3.33. The number of esters is 1. The Labute approximate surface area is 126 Å². The van der Waals surface area contributed by atoms with Gasteiger partial charge in [-0.3, -0.25) is 4.79 Å². The van der Waals surface area contributed by atoms with E-state index in [4.69, 9.17) is 10.6 Å². The summed E-state index contributed by atoms with van der Waals surface area (Å²) >= 11 is 0. The second kappa shape index (κ2) is 5.91. The van der Waals surface area contributed by atoms with Gasteiger partial charge in [-0.25, -0.2) is 18.8 Å². The van der Waals surface area contributed by atoms with Gasteiger partial charge in [0, 0.05) is 0 Å². The summed E-state index contributed by atoms with van der Waals surface area (Å²) < 4.78 is 18.4. The van der Waals surface area contributed by atoms with E-state index in [1.807, 2.05) is 0 Å². The van der Waals surface area contributed by atoms with Crippen LogP contribution >= 0.6 is 0 Å². The van der Waals surface area contributed by atoms with Gasteiger partial charge in [-0.1, -0.05) is 6.08 Å². The summed E-state index contributed by atoms with van der Waals surface area (Å²) in [7, 11) is 0. The molecule has 22 heavy (non-hydrogen) atoms. The number of ether oxygens (including phenoxy) is 1. The van der Waals surface area contributed by atoms with E-state index in [2.05, 4.69) is 4.74 Å². The lowest BCUT2D eigenvalue weighted by Crippen LogP contribution is -2.48. The Morgan fingerprint density at radius 2 is 2.09 bits per heavy atom. The largest absolute Gasteiger partial charge is 0.459 e. The molecule has 0 saturated carbocycles. The Balaban J connectivity index is 2.10. The molecule has 2 rings (SSSR count). The monoisotopic (exact) mass is 315 g/mol. The van der Waals surface area contributed by atoms with Crippen LogP contribution in [-0.2, 0) is 19.2 Å². The molecule has 8 nitrogen and oxygen atoms in total. The van der Waals surface area contributed by atoms with Crippen LogP contribution in [0.4, 0.5) is 9.18 Å². The number of alkyl halides is 1. The van der Waals surface area contributed by atoms with E-state index in [-0.39, 0.29) is 6.54 Å². The molecule has 122 valence electrons. The zero-order valence-electron chi connectivity index (χ0n) is 12.5. The van der Waals surface area contributed by atoms with Gasteiger partial charge >= 0.3 is 18.4 Å². The van der Waals surface area contributed by atoms with Crippen LogP contribution in [0.5, 0.6) is 0 Å². The highest BCUT2D eigenvalue weighted by atomic mass is 19.1. The fraction of sp³-hybridized carbons (Fsp3) is 0.615. The number of hydrogen-bond donors (Lipinski definition) is 1. The van der Waals surface area contributed by atoms with Crippen molar-refractivity contribution >= 4 is 17.9 Å². The maximum Gasteiger partial charge on any atom is 0.371 e. The van der Waals surface area contributed by atoms with Crippen LogP contribution in [0.3, 0.4) is 0 Å². The van der Waals surface area contributed by atoms with E-state index in [0.717, 1.165) is 5.06 Å². The molecule has 0 aromatic heterocycles. The van der Waals surface area contributed by atoms with Crippen molar-refractivity contribution in [1.82, 2.24) is 9.96 Å². The number of rotatable bonds is 5. The molecule has 2 aliphatic rings. The van der Waals surface area contributed by atoms with Crippen molar-refractivity contribution in [2.24, 2.45) is 5.73 Å². The SMILES string of the molecule is CC1=C[C@@H]2CN(C(=O)N2O[C@@H](F)C(=O)OC(C)C)[C@@H]1C(N)=O. The van der Waals surface area contributed by atoms with Crippen molar-refractivity contribution < 1.29 is 28.3 Å². The summed E-state index contributed by atoms with van der Waals surface area (Å²) in [6.45, 7) is 4.91. The summed E-state index contributed by atoms with van der Waals surface area (Å²) in [6.07, 6.45) is -1.34. The van der Waals surface area contributed by atoms with Crippen LogP contribution in [0.25, 0.3) is 0 Å². The molecule has 0 aliphatic carbocycles. The van der Waals surface area contributed by atoms with Crippen molar-refractivity contribution in [3.05, 3.63) is 11.6 Å². The van der Waals surface area contributed by atoms with E-state index in [1.54, 1.807) is 26.8 Å². The number of halogens is 1. The average Bonchev–Trinajstić information content (AvgIpc) is 2.62. The molecule has 2 bridgehead atoms. The highest BCUT2D eigenvalue weighted by molar-refractivity contribution is 5.90. The molecule has 0 aromatic rings. The zero-order chi connectivity index (χ0) is 16.6. The molecule has 1 fully saturated rings. The van der Waals surface area contributed by atoms with Gasteiger partial charge in [0.1, 0.15) is 6.04 Å². The number of hydrogen-bond acceptors (Lipinski definition) is 5. The normalized spacial score (nSPS) is 25.3. The lowest BCUT2D eigenvalue weighted by molar-refractivity contribution is -0.225. The second-order valence-electron chi connectivity index (χ2n) is 5.45. The third kappa shape index (κ3) is 2.89. The maximum atomic E-state index is 13.8. The minimum Gasteiger partial charge on any atom is -0.459 e. The first-order chi connectivity index (χ1) is 10.2. The van der Waals surface area contributed by atoms with Crippen LogP contribution in [0.1, 0.15) is 20.8 Å². The lowest BCUT2D eigenvalue weighted by atomic mass is 10.0. The number of nitrogens with two attached hydrogens (primary N) is 1. The molecule has 3 atom stereocenters. The highest BCUT2D eigenvalue weighted by Crippen LogP contribution is 2.30. The van der Waals surface area contributed by atoms with Crippen molar-refractivity contribution in [2.45, 2.75) is 45.3 Å². The quantitative estimate of drug-likeness (QED) is 0.572. The Morgan fingerprint density at radius 1 is 1.45 bits per heavy atom. The van der Waals surface area contributed by atoms with E-state index < -0.39 is 42.5 Å². The lowest BCUT2D eigenvalue weighted by Gasteiger charge is -2.27. The fourth-order valence-corrected chi connectivity index (χ4v) is 2.53. The van der Waals surface area contributed by atoms with Gasteiger partial charge in [0.15, 0.2) is 0 Å². The predicted molar refractivity (Wildman–Crippen MR) is 71.7 cm³/mol. The number of hydroxylamine groups is 2. The summed E-state index contributed by atoms with van der Waals surface area (Å²) in [5.41, 5.74) is 5.85. The van der Waals surface area contributed by atoms with Crippen molar-refractivity contribution in [1.29, 1.82) is 0 Å². The summed E-state index contributed by atoms with van der Waals surface area (Å²) in [5, 5.41) is 0.735. The topological polar surface area (TPSA) is 102 Å². The van der Waals surface area contributed by atoms with Gasteiger partial charge in [0.2, 0.25) is 5.91 Å². The highest BCUT2D eigenvalue weighted by Gasteiger charge is 2.48.